The summed E-state index contributed by atoms with van der Waals surface area (Å²) in [5.41, 5.74) is 1.18. The summed E-state index contributed by atoms with van der Waals surface area (Å²) in [6.07, 6.45) is 3.56. The van der Waals surface area contributed by atoms with Crippen LogP contribution in [0.1, 0.15) is 5.56 Å². The number of hydrogen-bond acceptors (Lipinski definition) is 6. The maximum absolute atomic E-state index is 5.60. The van der Waals surface area contributed by atoms with Crippen LogP contribution in [-0.2, 0) is 11.3 Å². The second kappa shape index (κ2) is 12.4. The Balaban J connectivity index is 0.00000300. The van der Waals surface area contributed by atoms with E-state index in [9.17, 15) is 0 Å². The molecular weight excluding hydrogens is 483 g/mol. The van der Waals surface area contributed by atoms with Gasteiger partial charge in [0.2, 0.25) is 5.95 Å². The van der Waals surface area contributed by atoms with Crippen molar-refractivity contribution in [1.82, 2.24) is 20.2 Å². The number of aromatic nitrogens is 2. The fourth-order valence-electron chi connectivity index (χ4n) is 3.03. The fourth-order valence-corrected chi connectivity index (χ4v) is 3.03. The number of ether oxygens (including phenoxy) is 2. The molecule has 0 radical (unpaired) electrons. The van der Waals surface area contributed by atoms with E-state index in [1.807, 2.05) is 25.2 Å². The Morgan fingerprint density at radius 1 is 1.07 bits per heavy atom. The summed E-state index contributed by atoms with van der Waals surface area (Å²) in [7, 11) is 3.49. The summed E-state index contributed by atoms with van der Waals surface area (Å²) in [6, 6.07) is 9.92. The van der Waals surface area contributed by atoms with Crippen LogP contribution in [0.3, 0.4) is 0 Å². The molecule has 0 amide bonds. The molecule has 0 spiro atoms. The molecule has 1 aromatic heterocycles. The minimum atomic E-state index is 0. The minimum Gasteiger partial charge on any atom is -0.491 e. The maximum Gasteiger partial charge on any atom is 0.225 e. The molecule has 29 heavy (non-hydrogen) atoms. The predicted molar refractivity (Wildman–Crippen MR) is 125 cm³/mol. The van der Waals surface area contributed by atoms with Gasteiger partial charge in [-0.25, -0.2) is 9.97 Å². The lowest BCUT2D eigenvalue weighted by atomic mass is 10.2. The van der Waals surface area contributed by atoms with Crippen LogP contribution in [0, 0.1) is 0 Å². The Morgan fingerprint density at radius 2 is 1.76 bits per heavy atom. The molecule has 0 atom stereocenters. The summed E-state index contributed by atoms with van der Waals surface area (Å²) in [4.78, 5) is 17.6. The molecule has 1 aliphatic heterocycles. The van der Waals surface area contributed by atoms with Crippen molar-refractivity contribution in [3.63, 3.8) is 0 Å². The zero-order valence-electron chi connectivity index (χ0n) is 17.0. The highest BCUT2D eigenvalue weighted by Crippen LogP contribution is 2.13. The molecule has 0 saturated carbocycles. The number of benzene rings is 1. The molecule has 1 saturated heterocycles. The third-order valence-corrected chi connectivity index (χ3v) is 4.56. The number of rotatable bonds is 7. The molecule has 1 N–H and O–H groups in total. The maximum atomic E-state index is 5.60. The van der Waals surface area contributed by atoms with Crippen molar-refractivity contribution < 1.29 is 9.47 Å². The highest BCUT2D eigenvalue weighted by molar-refractivity contribution is 14.0. The Hall–Kier alpha value is -2.14. The van der Waals surface area contributed by atoms with Crippen LogP contribution in [0.15, 0.2) is 47.7 Å². The van der Waals surface area contributed by atoms with Crippen LogP contribution in [0.2, 0.25) is 0 Å². The highest BCUT2D eigenvalue weighted by Gasteiger charge is 2.20. The normalized spacial score (nSPS) is 14.3. The summed E-state index contributed by atoms with van der Waals surface area (Å²) < 4.78 is 10.6. The molecule has 9 heteroatoms. The van der Waals surface area contributed by atoms with Gasteiger partial charge in [0.1, 0.15) is 12.4 Å². The molecule has 0 unspecified atom stereocenters. The second-order valence-corrected chi connectivity index (χ2v) is 6.41. The molecule has 2 aromatic rings. The van der Waals surface area contributed by atoms with E-state index in [1.54, 1.807) is 19.5 Å². The zero-order valence-corrected chi connectivity index (χ0v) is 19.3. The van der Waals surface area contributed by atoms with Crippen LogP contribution < -0.4 is 15.0 Å². The third kappa shape index (κ3) is 7.00. The van der Waals surface area contributed by atoms with E-state index in [4.69, 9.17) is 9.47 Å². The number of methoxy groups -OCH3 is 1. The number of halogens is 1. The Kier molecular flexibility index (Phi) is 9.92. The first-order chi connectivity index (χ1) is 13.8. The molecular formula is C20H29IN6O2. The lowest BCUT2D eigenvalue weighted by Crippen LogP contribution is -2.52. The lowest BCUT2D eigenvalue weighted by Gasteiger charge is -2.36. The van der Waals surface area contributed by atoms with E-state index in [1.165, 1.54) is 5.56 Å². The molecule has 158 valence electrons. The van der Waals surface area contributed by atoms with E-state index in [0.717, 1.165) is 43.8 Å². The number of hydrogen-bond donors (Lipinski definition) is 1. The SMILES string of the molecule is CN=C(NCc1ccc(OCCOC)cc1)N1CCN(c2ncccn2)CC1.I. The van der Waals surface area contributed by atoms with Crippen LogP contribution in [-0.4, -0.2) is 74.4 Å². The van der Waals surface area contributed by atoms with E-state index >= 15 is 0 Å². The van der Waals surface area contributed by atoms with Crippen molar-refractivity contribution in [2.45, 2.75) is 6.54 Å². The first-order valence-electron chi connectivity index (χ1n) is 9.48. The van der Waals surface area contributed by atoms with Gasteiger partial charge in [-0.2, -0.15) is 0 Å². The van der Waals surface area contributed by atoms with E-state index in [0.29, 0.717) is 19.8 Å². The van der Waals surface area contributed by atoms with Gasteiger partial charge in [-0.15, -0.1) is 24.0 Å². The molecule has 0 aliphatic carbocycles. The Bertz CT molecular complexity index is 736. The zero-order chi connectivity index (χ0) is 19.6. The number of anilines is 1. The van der Waals surface area contributed by atoms with Gasteiger partial charge in [-0.1, -0.05) is 12.1 Å². The first kappa shape index (κ1) is 23.1. The van der Waals surface area contributed by atoms with Crippen molar-refractivity contribution in [3.8, 4) is 5.75 Å². The van der Waals surface area contributed by atoms with E-state index < -0.39 is 0 Å². The second-order valence-electron chi connectivity index (χ2n) is 6.41. The number of piperazine rings is 1. The largest absolute Gasteiger partial charge is 0.491 e. The average molecular weight is 512 g/mol. The Labute approximate surface area is 189 Å². The van der Waals surface area contributed by atoms with E-state index in [2.05, 4.69) is 42.2 Å². The minimum absolute atomic E-state index is 0. The van der Waals surface area contributed by atoms with Gasteiger partial charge in [0.05, 0.1) is 6.61 Å². The summed E-state index contributed by atoms with van der Waals surface area (Å²) in [5, 5.41) is 3.45. The van der Waals surface area contributed by atoms with Crippen molar-refractivity contribution >= 4 is 35.9 Å². The van der Waals surface area contributed by atoms with Gasteiger partial charge in [0.15, 0.2) is 5.96 Å². The quantitative estimate of drug-likeness (QED) is 0.263. The molecule has 2 heterocycles. The Morgan fingerprint density at radius 3 is 2.38 bits per heavy atom. The molecule has 1 fully saturated rings. The molecule has 8 nitrogen and oxygen atoms in total. The van der Waals surface area contributed by atoms with Gasteiger partial charge in [0, 0.05) is 59.3 Å². The van der Waals surface area contributed by atoms with Gasteiger partial charge < -0.3 is 24.6 Å². The van der Waals surface area contributed by atoms with Crippen LogP contribution in [0.4, 0.5) is 5.95 Å². The van der Waals surface area contributed by atoms with Gasteiger partial charge in [-0.3, -0.25) is 4.99 Å². The summed E-state index contributed by atoms with van der Waals surface area (Å²) >= 11 is 0. The summed E-state index contributed by atoms with van der Waals surface area (Å²) in [5.74, 6) is 2.55. The fraction of sp³-hybridized carbons (Fsp3) is 0.450. The van der Waals surface area contributed by atoms with Crippen molar-refractivity contribution in [2.24, 2.45) is 4.99 Å². The monoisotopic (exact) mass is 512 g/mol. The third-order valence-electron chi connectivity index (χ3n) is 4.56. The number of nitrogens with zero attached hydrogens (tertiary/aromatic N) is 5. The van der Waals surface area contributed by atoms with Gasteiger partial charge in [-0.05, 0) is 23.8 Å². The van der Waals surface area contributed by atoms with Crippen LogP contribution in [0.25, 0.3) is 0 Å². The molecule has 1 aliphatic rings. The number of nitrogens with one attached hydrogen (secondary N) is 1. The van der Waals surface area contributed by atoms with Gasteiger partial charge >= 0.3 is 0 Å². The molecule has 1 aromatic carbocycles. The number of guanidine groups is 1. The first-order valence-corrected chi connectivity index (χ1v) is 9.48. The lowest BCUT2D eigenvalue weighted by molar-refractivity contribution is 0.146. The highest BCUT2D eigenvalue weighted by atomic mass is 127. The number of aliphatic imine (C=N–C) groups is 1. The molecule has 3 rings (SSSR count). The van der Waals surface area contributed by atoms with Crippen LogP contribution >= 0.6 is 24.0 Å². The van der Waals surface area contributed by atoms with Crippen molar-refractivity contribution in [2.75, 3.05) is 58.5 Å². The predicted octanol–water partition coefficient (Wildman–Crippen LogP) is 2.02. The standard InChI is InChI=1S/C20H28N6O2.HI/c1-21-19(24-16-17-4-6-18(7-5-17)28-15-14-27-2)25-10-12-26(13-11-25)20-22-8-3-9-23-20;/h3-9H,10-16H2,1-2H3,(H,21,24);1H. The van der Waals surface area contributed by atoms with Crippen LogP contribution in [0.5, 0.6) is 5.75 Å². The summed E-state index contributed by atoms with van der Waals surface area (Å²) in [6.45, 7) is 5.36. The molecule has 0 bridgehead atoms. The van der Waals surface area contributed by atoms with E-state index in [-0.39, 0.29) is 24.0 Å². The van der Waals surface area contributed by atoms with Gasteiger partial charge in [0.25, 0.3) is 0 Å². The topological polar surface area (TPSA) is 75.1 Å². The smallest absolute Gasteiger partial charge is 0.225 e. The van der Waals surface area contributed by atoms with Crippen molar-refractivity contribution in [1.29, 1.82) is 0 Å². The van der Waals surface area contributed by atoms with Crippen molar-refractivity contribution in [3.05, 3.63) is 48.3 Å². The average Bonchev–Trinajstić information content (AvgIpc) is 2.76.